The minimum Gasteiger partial charge on any atom is -0.400 e. The van der Waals surface area contributed by atoms with Crippen molar-refractivity contribution in [1.29, 1.82) is 0 Å². The fourth-order valence-corrected chi connectivity index (χ4v) is 8.05. The van der Waals surface area contributed by atoms with Crippen molar-refractivity contribution in [1.82, 2.24) is 0 Å². The second-order valence-electron chi connectivity index (χ2n) is 17.0. The van der Waals surface area contributed by atoms with Gasteiger partial charge in [0, 0.05) is 7.11 Å². The third-order valence-corrected chi connectivity index (χ3v) is 11.6. The molecule has 0 aromatic carbocycles. The zero-order valence-corrected chi connectivity index (χ0v) is 32.5. The largest absolute Gasteiger partial charge is 0.400 e. The molecule has 0 spiro atoms. The van der Waals surface area contributed by atoms with Crippen molar-refractivity contribution >= 4 is 0 Å². The van der Waals surface area contributed by atoms with E-state index in [2.05, 4.69) is 83.1 Å². The van der Waals surface area contributed by atoms with Gasteiger partial charge in [0.05, 0.1) is 18.3 Å². The van der Waals surface area contributed by atoms with E-state index >= 15 is 0 Å². The van der Waals surface area contributed by atoms with Gasteiger partial charge in [-0.15, -0.1) is 0 Å². The lowest BCUT2D eigenvalue weighted by Crippen LogP contribution is -2.31. The standard InChI is InChI=1S/2C10H20O.C10H18O.C10H20.CH4O/c3*1-7(2)9-5-4-8(3)6-10(9)11;1-8(2)10-6-4-9(3)5-7-10;1-2/h2*7-11H,4-6H2,1-3H3;8,10-11H,4-6H2,1-3H3;8-10H,4-7H2,1-3H3;2H,1H3. The molecule has 0 amide bonds. The van der Waals surface area contributed by atoms with Gasteiger partial charge in [-0.2, -0.15) is 0 Å². The average Bonchev–Trinajstić information content (AvgIpc) is 2.95. The second-order valence-corrected chi connectivity index (χ2v) is 17.0. The minimum atomic E-state index is -0.149. The molecule has 4 saturated carbocycles. The normalized spacial score (nSPS) is 35.1. The summed E-state index contributed by atoms with van der Waals surface area (Å²) in [6.45, 7) is 26.8. The van der Waals surface area contributed by atoms with Crippen molar-refractivity contribution in [3.63, 3.8) is 0 Å². The van der Waals surface area contributed by atoms with Crippen LogP contribution < -0.4 is 0 Å². The van der Waals surface area contributed by atoms with Gasteiger partial charge in [-0.1, -0.05) is 100 Å². The van der Waals surface area contributed by atoms with Crippen LogP contribution in [0.4, 0.5) is 0 Å². The molecule has 8 unspecified atom stereocenters. The molecule has 0 heterocycles. The molecule has 0 saturated heterocycles. The molecule has 270 valence electrons. The predicted molar refractivity (Wildman–Crippen MR) is 196 cm³/mol. The molecule has 0 aromatic heterocycles. The lowest BCUT2D eigenvalue weighted by atomic mass is 9.75. The molecule has 0 radical (unpaired) electrons. The van der Waals surface area contributed by atoms with E-state index in [4.69, 9.17) is 5.11 Å². The Balaban J connectivity index is 0.000000563. The first-order valence-electron chi connectivity index (χ1n) is 19.2. The molecule has 0 bridgehead atoms. The monoisotopic (exact) mass is 639 g/mol. The molecule has 4 fully saturated rings. The van der Waals surface area contributed by atoms with Crippen LogP contribution in [-0.2, 0) is 0 Å². The number of rotatable bonds is 3. The van der Waals surface area contributed by atoms with Crippen LogP contribution in [0, 0.1) is 59.2 Å². The molecular weight excluding hydrogens is 556 g/mol. The molecule has 4 aliphatic rings. The summed E-state index contributed by atoms with van der Waals surface area (Å²) in [4.78, 5) is 0. The number of allylic oxidation sites excluding steroid dienone is 1. The summed E-state index contributed by atoms with van der Waals surface area (Å²) in [7, 11) is 1.00. The van der Waals surface area contributed by atoms with Gasteiger partial charge < -0.3 is 20.4 Å². The Bertz CT molecular complexity index is 717. The van der Waals surface area contributed by atoms with E-state index in [0.717, 1.165) is 62.4 Å². The van der Waals surface area contributed by atoms with Crippen LogP contribution in [-0.4, -0.2) is 45.8 Å². The maximum atomic E-state index is 9.71. The van der Waals surface area contributed by atoms with E-state index in [1.807, 2.05) is 0 Å². The van der Waals surface area contributed by atoms with Crippen LogP contribution in [0.1, 0.15) is 167 Å². The van der Waals surface area contributed by atoms with Crippen LogP contribution in [0.3, 0.4) is 0 Å². The molecule has 45 heavy (non-hydrogen) atoms. The summed E-state index contributed by atoms with van der Waals surface area (Å²) in [5.41, 5.74) is 2.59. The van der Waals surface area contributed by atoms with Crippen molar-refractivity contribution in [2.45, 2.75) is 185 Å². The second kappa shape index (κ2) is 23.8. The van der Waals surface area contributed by atoms with Crippen LogP contribution in [0.5, 0.6) is 0 Å². The van der Waals surface area contributed by atoms with E-state index in [1.54, 1.807) is 0 Å². The van der Waals surface area contributed by atoms with E-state index in [1.165, 1.54) is 68.9 Å². The third kappa shape index (κ3) is 18.1. The van der Waals surface area contributed by atoms with Gasteiger partial charge in [0.25, 0.3) is 0 Å². The van der Waals surface area contributed by atoms with E-state index < -0.39 is 0 Å². The van der Waals surface area contributed by atoms with Crippen molar-refractivity contribution in [3.05, 3.63) is 11.1 Å². The van der Waals surface area contributed by atoms with E-state index in [0.29, 0.717) is 29.6 Å². The van der Waals surface area contributed by atoms with E-state index in [9.17, 15) is 15.3 Å². The fraction of sp³-hybridized carbons (Fsp3) is 0.951. The Hall–Kier alpha value is -0.420. The molecule has 4 aliphatic carbocycles. The minimum absolute atomic E-state index is 0.0289. The van der Waals surface area contributed by atoms with Gasteiger partial charge in [0.2, 0.25) is 0 Å². The Labute approximate surface area is 282 Å². The van der Waals surface area contributed by atoms with E-state index in [-0.39, 0.29) is 18.3 Å². The summed E-state index contributed by atoms with van der Waals surface area (Å²) >= 11 is 0. The molecule has 0 aliphatic heterocycles. The van der Waals surface area contributed by atoms with Crippen molar-refractivity contribution in [3.8, 4) is 0 Å². The summed E-state index contributed by atoms with van der Waals surface area (Å²) < 4.78 is 0. The fourth-order valence-electron chi connectivity index (χ4n) is 8.05. The van der Waals surface area contributed by atoms with Gasteiger partial charge in [-0.05, 0) is 136 Å². The number of aliphatic hydroxyl groups is 4. The Morgan fingerprint density at radius 2 is 0.889 bits per heavy atom. The Morgan fingerprint density at radius 1 is 0.511 bits per heavy atom. The Morgan fingerprint density at radius 3 is 1.20 bits per heavy atom. The zero-order chi connectivity index (χ0) is 34.9. The topological polar surface area (TPSA) is 80.9 Å². The zero-order valence-electron chi connectivity index (χ0n) is 32.5. The van der Waals surface area contributed by atoms with Gasteiger partial charge in [-0.25, -0.2) is 0 Å². The maximum absolute atomic E-state index is 9.71. The van der Waals surface area contributed by atoms with Gasteiger partial charge >= 0.3 is 0 Å². The number of hydrogen-bond donors (Lipinski definition) is 4. The quantitative estimate of drug-likeness (QED) is 0.232. The molecular formula is C41H82O4. The van der Waals surface area contributed by atoms with Crippen LogP contribution >= 0.6 is 0 Å². The first kappa shape index (κ1) is 44.6. The lowest BCUT2D eigenvalue weighted by Gasteiger charge is -2.33. The van der Waals surface area contributed by atoms with Crippen molar-refractivity contribution < 1.29 is 20.4 Å². The SMILES string of the molecule is CC(C)=C1CCC(C)CC1O.CC1CCC(C(C)C)C(O)C1.CC1CCC(C(C)C)C(O)C1.CC1CCC(C(C)C)CC1.CO. The van der Waals surface area contributed by atoms with Crippen molar-refractivity contribution in [2.24, 2.45) is 59.2 Å². The van der Waals surface area contributed by atoms with Crippen LogP contribution in [0.15, 0.2) is 11.1 Å². The summed E-state index contributed by atoms with van der Waals surface area (Å²) in [6.07, 6.45) is 16.1. The van der Waals surface area contributed by atoms with Crippen LogP contribution in [0.2, 0.25) is 0 Å². The summed E-state index contributed by atoms with van der Waals surface area (Å²) in [6, 6.07) is 0. The maximum Gasteiger partial charge on any atom is 0.0755 e. The number of hydrogen-bond acceptors (Lipinski definition) is 4. The lowest BCUT2D eigenvalue weighted by molar-refractivity contribution is 0.0263. The van der Waals surface area contributed by atoms with Gasteiger partial charge in [0.15, 0.2) is 0 Å². The highest BCUT2D eigenvalue weighted by molar-refractivity contribution is 5.16. The molecule has 0 aromatic rings. The Kier molecular flexibility index (Phi) is 23.6. The summed E-state index contributed by atoms with van der Waals surface area (Å²) in [5, 5.41) is 36.1. The molecule has 4 rings (SSSR count). The highest BCUT2D eigenvalue weighted by Crippen LogP contribution is 2.35. The first-order chi connectivity index (χ1) is 21.0. The molecule has 4 nitrogen and oxygen atoms in total. The molecule has 8 atom stereocenters. The molecule has 4 heteroatoms. The molecule has 4 N–H and O–H groups in total. The van der Waals surface area contributed by atoms with Gasteiger partial charge in [-0.3, -0.25) is 0 Å². The predicted octanol–water partition coefficient (Wildman–Crippen LogP) is 10.5. The summed E-state index contributed by atoms with van der Waals surface area (Å²) in [5.74, 6) is 7.57. The highest BCUT2D eigenvalue weighted by atomic mass is 16.3. The van der Waals surface area contributed by atoms with Gasteiger partial charge in [0.1, 0.15) is 0 Å². The third-order valence-electron chi connectivity index (χ3n) is 11.6. The average molecular weight is 639 g/mol. The smallest absolute Gasteiger partial charge is 0.0755 e. The highest BCUT2D eigenvalue weighted by Gasteiger charge is 2.29. The van der Waals surface area contributed by atoms with Crippen molar-refractivity contribution in [2.75, 3.05) is 7.11 Å². The number of aliphatic hydroxyl groups excluding tert-OH is 4. The first-order valence-corrected chi connectivity index (χ1v) is 19.2. The van der Waals surface area contributed by atoms with Crippen LogP contribution in [0.25, 0.3) is 0 Å².